The highest BCUT2D eigenvalue weighted by Gasteiger charge is 2.20. The van der Waals surface area contributed by atoms with Crippen LogP contribution in [0.15, 0.2) is 70.7 Å². The van der Waals surface area contributed by atoms with Crippen LogP contribution in [-0.2, 0) is 20.0 Å². The van der Waals surface area contributed by atoms with Crippen LogP contribution in [0.3, 0.4) is 0 Å². The lowest BCUT2D eigenvalue weighted by Gasteiger charge is -2.30. The second kappa shape index (κ2) is 13.8. The van der Waals surface area contributed by atoms with Crippen molar-refractivity contribution in [3.63, 3.8) is 0 Å². The van der Waals surface area contributed by atoms with E-state index in [0.29, 0.717) is 37.2 Å². The Kier molecular flexibility index (Phi) is 10.5. The van der Waals surface area contributed by atoms with Crippen LogP contribution in [0.2, 0.25) is 0 Å². The summed E-state index contributed by atoms with van der Waals surface area (Å²) in [5, 5.41) is 1.45. The fourth-order valence-corrected chi connectivity index (χ4v) is 7.63. The van der Waals surface area contributed by atoms with Gasteiger partial charge in [0.05, 0.1) is 9.79 Å². The van der Waals surface area contributed by atoms with E-state index in [1.165, 1.54) is 32.1 Å². The van der Waals surface area contributed by atoms with Crippen molar-refractivity contribution < 1.29 is 16.8 Å². The Labute approximate surface area is 233 Å². The van der Waals surface area contributed by atoms with Crippen molar-refractivity contribution in [3.8, 4) is 0 Å². The largest absolute Gasteiger partial charge is 0.303 e. The molecule has 1 aromatic heterocycles. The predicted molar refractivity (Wildman–Crippen MR) is 156 cm³/mol. The molecule has 0 saturated heterocycles. The summed E-state index contributed by atoms with van der Waals surface area (Å²) in [7, 11) is -7.18. The minimum Gasteiger partial charge on any atom is -0.303 e. The monoisotopic (exact) mass is 572 g/mol. The van der Waals surface area contributed by atoms with Gasteiger partial charge in [-0.15, -0.1) is 0 Å². The molecule has 39 heavy (non-hydrogen) atoms. The van der Waals surface area contributed by atoms with Gasteiger partial charge in [-0.05, 0) is 75.9 Å². The van der Waals surface area contributed by atoms with Crippen molar-refractivity contribution in [1.29, 1.82) is 0 Å². The van der Waals surface area contributed by atoms with Crippen molar-refractivity contribution in [2.24, 2.45) is 5.92 Å². The van der Waals surface area contributed by atoms with Crippen LogP contribution in [0, 0.1) is 12.8 Å². The van der Waals surface area contributed by atoms with E-state index < -0.39 is 20.0 Å². The third-order valence-electron chi connectivity index (χ3n) is 7.39. The molecule has 8 nitrogen and oxygen atoms in total. The van der Waals surface area contributed by atoms with Gasteiger partial charge < -0.3 is 4.90 Å². The molecule has 212 valence electrons. The Morgan fingerprint density at radius 2 is 1.51 bits per heavy atom. The molecule has 3 aromatic rings. The first-order chi connectivity index (χ1) is 18.7. The molecule has 1 aliphatic rings. The van der Waals surface area contributed by atoms with Gasteiger partial charge in [-0.2, -0.15) is 0 Å². The molecule has 10 heteroatoms. The Morgan fingerprint density at radius 1 is 0.846 bits per heavy atom. The number of fused-ring (bicyclic) bond motifs is 1. The number of nitrogens with one attached hydrogen (secondary N) is 2. The van der Waals surface area contributed by atoms with E-state index in [2.05, 4.69) is 19.3 Å². The van der Waals surface area contributed by atoms with Gasteiger partial charge in [-0.3, -0.25) is 4.98 Å². The highest BCUT2D eigenvalue weighted by atomic mass is 32.2. The average molecular weight is 573 g/mol. The predicted octanol–water partition coefficient (Wildman–Crippen LogP) is 4.46. The summed E-state index contributed by atoms with van der Waals surface area (Å²) in [4.78, 5) is 7.00. The van der Waals surface area contributed by atoms with Crippen LogP contribution in [0.5, 0.6) is 0 Å². The summed E-state index contributed by atoms with van der Waals surface area (Å²) in [6.07, 6.45) is 10.9. The Bertz CT molecular complexity index is 1420. The van der Waals surface area contributed by atoms with Gasteiger partial charge in [0.1, 0.15) is 0 Å². The Balaban J connectivity index is 1.29. The van der Waals surface area contributed by atoms with Gasteiger partial charge in [0.2, 0.25) is 20.0 Å². The number of sulfonamides is 2. The molecule has 0 atom stereocenters. The molecule has 2 N–H and O–H groups in total. The van der Waals surface area contributed by atoms with Crippen LogP contribution >= 0.6 is 0 Å². The maximum absolute atomic E-state index is 13.0. The third kappa shape index (κ3) is 8.56. The first kappa shape index (κ1) is 29.6. The minimum absolute atomic E-state index is 0.266. The molecule has 0 bridgehead atoms. The summed E-state index contributed by atoms with van der Waals surface area (Å²) in [6, 6.07) is 13.8. The first-order valence-corrected chi connectivity index (χ1v) is 16.8. The van der Waals surface area contributed by atoms with Crippen molar-refractivity contribution in [3.05, 3.63) is 66.5 Å². The summed E-state index contributed by atoms with van der Waals surface area (Å²) in [5.74, 6) is 0.643. The topological polar surface area (TPSA) is 108 Å². The Hall–Kier alpha value is -2.37. The molecule has 1 saturated carbocycles. The molecular formula is C29H40N4O4S2. The van der Waals surface area contributed by atoms with Crippen molar-refractivity contribution in [2.75, 3.05) is 32.7 Å². The maximum Gasteiger partial charge on any atom is 0.241 e. The van der Waals surface area contributed by atoms with Gasteiger partial charge in [0, 0.05) is 42.8 Å². The van der Waals surface area contributed by atoms with E-state index in [1.54, 1.807) is 54.9 Å². The second-order valence-corrected chi connectivity index (χ2v) is 14.0. The van der Waals surface area contributed by atoms with Gasteiger partial charge >= 0.3 is 0 Å². The lowest BCUT2D eigenvalue weighted by atomic mass is 9.89. The fourth-order valence-electron chi connectivity index (χ4n) is 5.25. The molecule has 0 radical (unpaired) electrons. The highest BCUT2D eigenvalue weighted by molar-refractivity contribution is 7.90. The van der Waals surface area contributed by atoms with Crippen LogP contribution in [-0.4, -0.2) is 59.4 Å². The number of aromatic nitrogens is 1. The summed E-state index contributed by atoms with van der Waals surface area (Å²) in [5.41, 5.74) is 1.02. The van der Waals surface area contributed by atoms with Crippen LogP contribution in [0.1, 0.15) is 50.5 Å². The zero-order valence-electron chi connectivity index (χ0n) is 22.7. The smallest absolute Gasteiger partial charge is 0.241 e. The molecule has 0 spiro atoms. The van der Waals surface area contributed by atoms with Crippen molar-refractivity contribution in [2.45, 2.75) is 61.7 Å². The van der Waals surface area contributed by atoms with Gasteiger partial charge in [-0.25, -0.2) is 26.3 Å². The highest BCUT2D eigenvalue weighted by Crippen LogP contribution is 2.25. The summed E-state index contributed by atoms with van der Waals surface area (Å²) < 4.78 is 56.8. The number of hydrogen-bond acceptors (Lipinski definition) is 6. The average Bonchev–Trinajstić information content (AvgIpc) is 2.93. The van der Waals surface area contributed by atoms with E-state index >= 15 is 0 Å². The van der Waals surface area contributed by atoms with Crippen molar-refractivity contribution in [1.82, 2.24) is 19.3 Å². The maximum atomic E-state index is 13.0. The normalized spacial score (nSPS) is 15.2. The number of rotatable bonds is 14. The molecule has 1 heterocycles. The SMILES string of the molecule is Cc1ccc(S(=O)(=O)NCCCN(CCCNS(=O)(=O)c2cccc3cnccc23)CC2CCCCC2)cc1. The van der Waals surface area contributed by atoms with E-state index in [4.69, 9.17) is 0 Å². The number of hydrogen-bond donors (Lipinski definition) is 2. The summed E-state index contributed by atoms with van der Waals surface area (Å²) >= 11 is 0. The van der Waals surface area contributed by atoms with Gasteiger partial charge in [0.25, 0.3) is 0 Å². The molecule has 0 unspecified atom stereocenters. The second-order valence-electron chi connectivity index (χ2n) is 10.5. The Morgan fingerprint density at radius 3 is 2.21 bits per heavy atom. The van der Waals surface area contributed by atoms with Crippen LogP contribution < -0.4 is 9.44 Å². The molecule has 0 aliphatic heterocycles. The zero-order valence-corrected chi connectivity index (χ0v) is 24.3. The standard InChI is InChI=1S/C29H40N4O4S2/c1-24-12-14-27(15-13-24)38(34,35)31-17-6-20-33(23-25-8-3-2-4-9-25)21-7-18-32-39(36,37)29-11-5-10-26-22-30-19-16-28(26)29/h5,10-16,19,22,25,31-32H,2-4,6-9,17-18,20-21,23H2,1H3. The summed E-state index contributed by atoms with van der Waals surface area (Å²) in [6.45, 7) is 5.11. The molecular weight excluding hydrogens is 532 g/mol. The molecule has 4 rings (SSSR count). The van der Waals surface area contributed by atoms with Crippen LogP contribution in [0.25, 0.3) is 10.8 Å². The molecule has 1 aliphatic carbocycles. The van der Waals surface area contributed by atoms with E-state index in [1.807, 2.05) is 13.0 Å². The zero-order chi connectivity index (χ0) is 27.7. The number of nitrogens with zero attached hydrogens (tertiary/aromatic N) is 2. The van der Waals surface area contributed by atoms with E-state index in [-0.39, 0.29) is 9.79 Å². The number of benzene rings is 2. The number of aryl methyl sites for hydroxylation is 1. The lowest BCUT2D eigenvalue weighted by molar-refractivity contribution is 0.197. The lowest BCUT2D eigenvalue weighted by Crippen LogP contribution is -2.36. The molecule has 1 fully saturated rings. The third-order valence-corrected chi connectivity index (χ3v) is 10.4. The van der Waals surface area contributed by atoms with Gasteiger partial charge in [0.15, 0.2) is 0 Å². The van der Waals surface area contributed by atoms with E-state index in [9.17, 15) is 16.8 Å². The first-order valence-electron chi connectivity index (χ1n) is 13.9. The molecule has 0 amide bonds. The van der Waals surface area contributed by atoms with Crippen LogP contribution in [0.4, 0.5) is 0 Å². The van der Waals surface area contributed by atoms with Gasteiger partial charge in [-0.1, -0.05) is 49.1 Å². The minimum atomic E-state index is -3.65. The number of pyridine rings is 1. The quantitative estimate of drug-likeness (QED) is 0.276. The van der Waals surface area contributed by atoms with E-state index in [0.717, 1.165) is 30.6 Å². The molecule has 2 aromatic carbocycles. The van der Waals surface area contributed by atoms with Crippen molar-refractivity contribution >= 4 is 30.8 Å². The fraction of sp³-hybridized carbons (Fsp3) is 0.483.